The van der Waals surface area contributed by atoms with E-state index in [0.29, 0.717) is 13.1 Å². The summed E-state index contributed by atoms with van der Waals surface area (Å²) in [5.74, 6) is 0. The van der Waals surface area contributed by atoms with Crippen molar-refractivity contribution in [2.45, 2.75) is 6.92 Å². The Morgan fingerprint density at radius 3 is 2.29 bits per heavy atom. The molecule has 1 heterocycles. The summed E-state index contributed by atoms with van der Waals surface area (Å²) < 4.78 is 22.1. The third kappa shape index (κ3) is 2.07. The zero-order valence-electron chi connectivity index (χ0n) is 11.5. The molecule has 0 aromatic heterocycles. The Labute approximate surface area is 90.3 Å². The maximum Gasteiger partial charge on any atom is 0.0394 e. The Morgan fingerprint density at radius 2 is 1.71 bits per heavy atom. The molecule has 76 valence electrons. The topological polar surface area (TPSA) is 6.48 Å². The highest BCUT2D eigenvalue weighted by Crippen LogP contribution is 2.16. The Balaban J connectivity index is 1.97. The second-order valence-electron chi connectivity index (χ2n) is 3.81. The third-order valence-electron chi connectivity index (χ3n) is 2.68. The SMILES string of the molecule is [2H]C([2H])([2H])N1CCN(c2ccc(C)cc2)CC1. The molecule has 0 atom stereocenters. The second kappa shape index (κ2) is 4.01. The molecular formula is C12H18N2. The number of likely N-dealkylation sites (N-methyl/N-ethyl adjacent to an activating group) is 1. The van der Waals surface area contributed by atoms with E-state index in [0.717, 1.165) is 13.1 Å². The van der Waals surface area contributed by atoms with Crippen LogP contribution in [0.1, 0.15) is 9.68 Å². The van der Waals surface area contributed by atoms with Crippen molar-refractivity contribution in [1.82, 2.24) is 4.90 Å². The van der Waals surface area contributed by atoms with Crippen LogP contribution in [0.5, 0.6) is 0 Å². The standard InChI is InChI=1S/C12H18N2/c1-11-3-5-12(6-4-11)14-9-7-13(2)8-10-14/h3-6H,7-10H2,1-2H3/i2D3. The number of hydrogen-bond acceptors (Lipinski definition) is 2. The zero-order chi connectivity index (χ0) is 12.5. The lowest BCUT2D eigenvalue weighted by atomic mass is 10.2. The molecule has 2 rings (SSSR count). The lowest BCUT2D eigenvalue weighted by molar-refractivity contribution is 0.313. The molecule has 1 aliphatic rings. The molecule has 0 N–H and O–H groups in total. The summed E-state index contributed by atoms with van der Waals surface area (Å²) in [7, 11) is 0. The van der Waals surface area contributed by atoms with Gasteiger partial charge < -0.3 is 9.80 Å². The lowest BCUT2D eigenvalue weighted by Crippen LogP contribution is -2.44. The molecule has 1 aliphatic heterocycles. The summed E-state index contributed by atoms with van der Waals surface area (Å²) in [6.45, 7) is 2.88. The Kier molecular flexibility index (Phi) is 1.85. The van der Waals surface area contributed by atoms with Crippen molar-refractivity contribution in [2.24, 2.45) is 0 Å². The van der Waals surface area contributed by atoms with Gasteiger partial charge in [0.15, 0.2) is 0 Å². The Hall–Kier alpha value is -1.02. The first-order valence-electron chi connectivity index (χ1n) is 6.53. The van der Waals surface area contributed by atoms with Crippen molar-refractivity contribution < 1.29 is 4.11 Å². The van der Waals surface area contributed by atoms with E-state index >= 15 is 0 Å². The fourth-order valence-corrected chi connectivity index (χ4v) is 1.72. The van der Waals surface area contributed by atoms with E-state index in [1.807, 2.05) is 0 Å². The number of benzene rings is 1. The van der Waals surface area contributed by atoms with Crippen LogP contribution in [0.2, 0.25) is 0 Å². The van der Waals surface area contributed by atoms with Gasteiger partial charge in [0.05, 0.1) is 0 Å². The van der Waals surface area contributed by atoms with Crippen LogP contribution in [0.25, 0.3) is 0 Å². The number of rotatable bonds is 1. The predicted octanol–water partition coefficient (Wildman–Crippen LogP) is 1.75. The quantitative estimate of drug-likeness (QED) is 0.670. The van der Waals surface area contributed by atoms with Gasteiger partial charge in [-0.15, -0.1) is 0 Å². The molecule has 0 amide bonds. The van der Waals surface area contributed by atoms with Crippen molar-refractivity contribution in [1.29, 1.82) is 0 Å². The number of anilines is 1. The fraction of sp³-hybridized carbons (Fsp3) is 0.500. The lowest BCUT2D eigenvalue weighted by Gasteiger charge is -2.34. The summed E-state index contributed by atoms with van der Waals surface area (Å²) in [6.07, 6.45) is 0. The maximum atomic E-state index is 7.37. The van der Waals surface area contributed by atoms with Gasteiger partial charge in [-0.05, 0) is 26.0 Å². The van der Waals surface area contributed by atoms with E-state index < -0.39 is 6.98 Å². The van der Waals surface area contributed by atoms with E-state index in [9.17, 15) is 0 Å². The van der Waals surface area contributed by atoms with Crippen molar-refractivity contribution in [3.63, 3.8) is 0 Å². The fourth-order valence-electron chi connectivity index (χ4n) is 1.72. The van der Waals surface area contributed by atoms with Crippen molar-refractivity contribution in [2.75, 3.05) is 38.1 Å². The van der Waals surface area contributed by atoms with Crippen molar-refractivity contribution in [3.05, 3.63) is 29.8 Å². The van der Waals surface area contributed by atoms with Crippen LogP contribution in [0, 0.1) is 6.92 Å². The van der Waals surface area contributed by atoms with E-state index in [2.05, 4.69) is 36.1 Å². The third-order valence-corrected chi connectivity index (χ3v) is 2.68. The summed E-state index contributed by atoms with van der Waals surface area (Å²) in [5, 5.41) is 0. The predicted molar refractivity (Wildman–Crippen MR) is 60.9 cm³/mol. The van der Waals surface area contributed by atoms with E-state index in [4.69, 9.17) is 4.11 Å². The van der Waals surface area contributed by atoms with Gasteiger partial charge in [0.1, 0.15) is 0 Å². The average molecular weight is 193 g/mol. The molecule has 1 aromatic carbocycles. The maximum absolute atomic E-state index is 7.37. The highest BCUT2D eigenvalue weighted by molar-refractivity contribution is 5.47. The first kappa shape index (κ1) is 6.46. The summed E-state index contributed by atoms with van der Waals surface area (Å²) in [5.41, 5.74) is 2.43. The number of nitrogens with zero attached hydrogens (tertiary/aromatic N) is 2. The normalized spacial score (nSPS) is 22.6. The van der Waals surface area contributed by atoms with E-state index in [-0.39, 0.29) is 0 Å². The van der Waals surface area contributed by atoms with Crippen LogP contribution in [0.3, 0.4) is 0 Å². The molecule has 1 saturated heterocycles. The Morgan fingerprint density at radius 1 is 1.07 bits per heavy atom. The molecule has 0 radical (unpaired) electrons. The van der Waals surface area contributed by atoms with Gasteiger partial charge in [-0.3, -0.25) is 0 Å². The molecule has 0 bridgehead atoms. The highest BCUT2D eigenvalue weighted by atomic mass is 15.2. The molecule has 1 fully saturated rings. The van der Waals surface area contributed by atoms with Crippen molar-refractivity contribution >= 4 is 5.69 Å². The van der Waals surface area contributed by atoms with Crippen LogP contribution in [-0.4, -0.2) is 38.1 Å². The smallest absolute Gasteiger partial charge is 0.0394 e. The van der Waals surface area contributed by atoms with E-state index in [1.54, 1.807) is 4.90 Å². The molecular weight excluding hydrogens is 172 g/mol. The van der Waals surface area contributed by atoms with Gasteiger partial charge in [0, 0.05) is 36.0 Å². The first-order chi connectivity index (χ1) is 7.97. The molecule has 2 heteroatoms. The zero-order valence-corrected chi connectivity index (χ0v) is 8.53. The largest absolute Gasteiger partial charge is 0.369 e. The van der Waals surface area contributed by atoms with Gasteiger partial charge in [-0.25, -0.2) is 0 Å². The minimum absolute atomic E-state index is 0.602. The summed E-state index contributed by atoms with van der Waals surface area (Å²) in [6, 6.07) is 8.37. The second-order valence-corrected chi connectivity index (χ2v) is 3.81. The minimum Gasteiger partial charge on any atom is -0.369 e. The molecule has 0 unspecified atom stereocenters. The molecule has 0 saturated carbocycles. The highest BCUT2D eigenvalue weighted by Gasteiger charge is 2.13. The molecule has 2 nitrogen and oxygen atoms in total. The van der Waals surface area contributed by atoms with Crippen LogP contribution in [-0.2, 0) is 0 Å². The average Bonchev–Trinajstić information content (AvgIpc) is 2.29. The number of hydrogen-bond donors (Lipinski definition) is 0. The molecule has 0 spiro atoms. The van der Waals surface area contributed by atoms with Gasteiger partial charge in [-0.2, -0.15) is 0 Å². The molecule has 1 aromatic rings. The molecule has 0 aliphatic carbocycles. The number of piperazine rings is 1. The van der Waals surface area contributed by atoms with Gasteiger partial charge in [0.2, 0.25) is 0 Å². The molecule has 14 heavy (non-hydrogen) atoms. The monoisotopic (exact) mass is 193 g/mol. The van der Waals surface area contributed by atoms with Gasteiger partial charge in [0.25, 0.3) is 0 Å². The van der Waals surface area contributed by atoms with Crippen LogP contribution < -0.4 is 4.90 Å². The van der Waals surface area contributed by atoms with Crippen molar-refractivity contribution in [3.8, 4) is 0 Å². The van der Waals surface area contributed by atoms with Crippen LogP contribution in [0.15, 0.2) is 24.3 Å². The van der Waals surface area contributed by atoms with Crippen LogP contribution >= 0.6 is 0 Å². The first-order valence-corrected chi connectivity index (χ1v) is 5.03. The summed E-state index contributed by atoms with van der Waals surface area (Å²) in [4.78, 5) is 3.80. The van der Waals surface area contributed by atoms with Crippen LogP contribution in [0.4, 0.5) is 5.69 Å². The Bertz CT molecular complexity index is 364. The van der Waals surface area contributed by atoms with E-state index in [1.165, 1.54) is 11.3 Å². The minimum atomic E-state index is -1.95. The van der Waals surface area contributed by atoms with Gasteiger partial charge >= 0.3 is 0 Å². The number of aryl methyl sites for hydroxylation is 1. The summed E-state index contributed by atoms with van der Waals surface area (Å²) >= 11 is 0. The van der Waals surface area contributed by atoms with Gasteiger partial charge in [-0.1, -0.05) is 17.7 Å².